The highest BCUT2D eigenvalue weighted by molar-refractivity contribution is 5.91. The first-order valence-electron chi connectivity index (χ1n) is 4.60. The van der Waals surface area contributed by atoms with E-state index in [0.29, 0.717) is 0 Å². The summed E-state index contributed by atoms with van der Waals surface area (Å²) >= 11 is 0. The van der Waals surface area contributed by atoms with E-state index in [4.69, 9.17) is 5.11 Å². The molecule has 0 aromatic heterocycles. The Hall–Kier alpha value is -2.44. The van der Waals surface area contributed by atoms with Gasteiger partial charge in [-0.15, -0.1) is 0 Å². The molecule has 0 fully saturated rings. The fourth-order valence-electron chi connectivity index (χ4n) is 0.998. The third-order valence-corrected chi connectivity index (χ3v) is 1.95. The third kappa shape index (κ3) is 3.26. The van der Waals surface area contributed by atoms with Crippen LogP contribution in [0.5, 0.6) is 0 Å². The first-order valence-corrected chi connectivity index (χ1v) is 4.60. The van der Waals surface area contributed by atoms with E-state index in [9.17, 15) is 19.7 Å². The number of carboxylic acids is 1. The molecule has 0 aliphatic rings. The minimum absolute atomic E-state index is 0.0590. The van der Waals surface area contributed by atoms with Crippen LogP contribution in [0.15, 0.2) is 24.3 Å². The molecule has 0 heterocycles. The lowest BCUT2D eigenvalue weighted by atomic mass is 10.2. The molecule has 1 N–H and O–H groups in total. The molecule has 1 atom stereocenters. The van der Waals surface area contributed by atoms with Gasteiger partial charge in [0, 0.05) is 12.1 Å². The number of hydrogen-bond donors (Lipinski definition) is 1. The highest BCUT2D eigenvalue weighted by Gasteiger charge is 2.18. The Labute approximate surface area is 95.8 Å². The van der Waals surface area contributed by atoms with Gasteiger partial charge < -0.3 is 9.84 Å². The number of aliphatic carboxylic acids is 1. The molecule has 1 aromatic carbocycles. The summed E-state index contributed by atoms with van der Waals surface area (Å²) in [6.07, 6.45) is -1.27. The molecule has 0 spiro atoms. The molecule has 0 saturated carbocycles. The standard InChI is InChI=1S/C10H9NO6/c1-6(9(12)13)17-10(14)7-2-4-8(5-3-7)11(15)16/h2-6H,1H3,(H,12,13)/t6-/m0/s1. The number of rotatable bonds is 4. The molecule has 0 unspecified atom stereocenters. The summed E-state index contributed by atoms with van der Waals surface area (Å²) in [6.45, 7) is 1.21. The molecule has 0 bridgehead atoms. The van der Waals surface area contributed by atoms with Crippen LogP contribution in [0, 0.1) is 10.1 Å². The van der Waals surface area contributed by atoms with Crippen molar-refractivity contribution in [1.82, 2.24) is 0 Å². The molecule has 0 aliphatic heterocycles. The summed E-state index contributed by atoms with van der Waals surface area (Å²) in [4.78, 5) is 31.6. The van der Waals surface area contributed by atoms with E-state index in [1.54, 1.807) is 0 Å². The van der Waals surface area contributed by atoms with Gasteiger partial charge in [0.15, 0.2) is 6.10 Å². The summed E-state index contributed by atoms with van der Waals surface area (Å²) in [6, 6.07) is 4.69. The summed E-state index contributed by atoms with van der Waals surface area (Å²) in [7, 11) is 0. The number of carboxylic acid groups (broad SMARTS) is 1. The zero-order chi connectivity index (χ0) is 13.0. The van der Waals surface area contributed by atoms with Crippen LogP contribution in [0.25, 0.3) is 0 Å². The molecule has 0 saturated heterocycles. The average Bonchev–Trinajstić information content (AvgIpc) is 2.28. The fourth-order valence-corrected chi connectivity index (χ4v) is 0.998. The fraction of sp³-hybridized carbons (Fsp3) is 0.200. The molecular weight excluding hydrogens is 230 g/mol. The van der Waals surface area contributed by atoms with Crippen LogP contribution in [0.1, 0.15) is 17.3 Å². The van der Waals surface area contributed by atoms with Crippen LogP contribution in [0.2, 0.25) is 0 Å². The Morgan fingerprint density at radius 2 is 1.88 bits per heavy atom. The third-order valence-electron chi connectivity index (χ3n) is 1.95. The lowest BCUT2D eigenvalue weighted by Gasteiger charge is -2.08. The van der Waals surface area contributed by atoms with Crippen molar-refractivity contribution in [2.24, 2.45) is 0 Å². The Kier molecular flexibility index (Phi) is 3.76. The number of nitro groups is 1. The van der Waals surface area contributed by atoms with Gasteiger partial charge in [-0.25, -0.2) is 9.59 Å². The number of nitro benzene ring substituents is 1. The van der Waals surface area contributed by atoms with Crippen molar-refractivity contribution in [2.45, 2.75) is 13.0 Å². The second-order valence-corrected chi connectivity index (χ2v) is 3.19. The van der Waals surface area contributed by atoms with Crippen LogP contribution >= 0.6 is 0 Å². The highest BCUT2D eigenvalue weighted by Crippen LogP contribution is 2.13. The zero-order valence-corrected chi connectivity index (χ0v) is 8.82. The lowest BCUT2D eigenvalue weighted by Crippen LogP contribution is -2.23. The molecule has 0 aliphatic carbocycles. The van der Waals surface area contributed by atoms with Gasteiger partial charge in [0.05, 0.1) is 10.5 Å². The van der Waals surface area contributed by atoms with Crippen LogP contribution in [0.4, 0.5) is 5.69 Å². The number of esters is 1. The van der Waals surface area contributed by atoms with Gasteiger partial charge in [-0.3, -0.25) is 10.1 Å². The minimum atomic E-state index is -1.27. The molecule has 7 nitrogen and oxygen atoms in total. The van der Waals surface area contributed by atoms with Gasteiger partial charge in [-0.1, -0.05) is 0 Å². The maximum atomic E-state index is 11.4. The maximum absolute atomic E-state index is 11.4. The molecule has 0 radical (unpaired) electrons. The van der Waals surface area contributed by atoms with Crippen LogP contribution in [0.3, 0.4) is 0 Å². The van der Waals surface area contributed by atoms with Crippen molar-refractivity contribution in [1.29, 1.82) is 0 Å². The van der Waals surface area contributed by atoms with Gasteiger partial charge in [0.2, 0.25) is 0 Å². The van der Waals surface area contributed by atoms with Crippen molar-refractivity contribution < 1.29 is 24.4 Å². The normalized spacial score (nSPS) is 11.6. The van der Waals surface area contributed by atoms with E-state index in [0.717, 1.165) is 12.1 Å². The van der Waals surface area contributed by atoms with Crippen molar-refractivity contribution in [3.63, 3.8) is 0 Å². The number of carbonyl (C=O) groups is 2. The number of ether oxygens (including phenoxy) is 1. The SMILES string of the molecule is C[C@H](OC(=O)c1ccc([N+](=O)[O-])cc1)C(=O)O. The monoisotopic (exact) mass is 239 g/mol. The molecule has 1 rings (SSSR count). The van der Waals surface area contributed by atoms with Gasteiger partial charge in [0.25, 0.3) is 5.69 Å². The predicted molar refractivity (Wildman–Crippen MR) is 55.6 cm³/mol. The smallest absolute Gasteiger partial charge is 0.344 e. The van der Waals surface area contributed by atoms with Crippen LogP contribution in [-0.4, -0.2) is 28.1 Å². The molecule has 17 heavy (non-hydrogen) atoms. The molecule has 1 aromatic rings. The van der Waals surface area contributed by atoms with Crippen LogP contribution in [-0.2, 0) is 9.53 Å². The second kappa shape index (κ2) is 5.06. The van der Waals surface area contributed by atoms with Gasteiger partial charge in [-0.2, -0.15) is 0 Å². The molecule has 0 amide bonds. The highest BCUT2D eigenvalue weighted by atomic mass is 16.6. The second-order valence-electron chi connectivity index (χ2n) is 3.19. The van der Waals surface area contributed by atoms with E-state index in [1.165, 1.54) is 19.1 Å². The zero-order valence-electron chi connectivity index (χ0n) is 8.82. The van der Waals surface area contributed by atoms with E-state index >= 15 is 0 Å². The van der Waals surface area contributed by atoms with Crippen molar-refractivity contribution in [3.05, 3.63) is 39.9 Å². The van der Waals surface area contributed by atoms with E-state index < -0.39 is 23.0 Å². The van der Waals surface area contributed by atoms with Crippen molar-refractivity contribution in [3.8, 4) is 0 Å². The summed E-state index contributed by atoms with van der Waals surface area (Å²) in [5.41, 5.74) is -0.100. The Balaban J connectivity index is 2.77. The Bertz CT molecular complexity index is 452. The molecular formula is C10H9NO6. The van der Waals surface area contributed by atoms with Gasteiger partial charge in [-0.05, 0) is 19.1 Å². The summed E-state index contributed by atoms with van der Waals surface area (Å²) < 4.78 is 4.59. The number of hydrogen-bond acceptors (Lipinski definition) is 5. The van der Waals surface area contributed by atoms with Crippen molar-refractivity contribution >= 4 is 17.6 Å². The predicted octanol–water partition coefficient (Wildman–Crippen LogP) is 1.22. The van der Waals surface area contributed by atoms with Gasteiger partial charge in [0.1, 0.15) is 0 Å². The summed E-state index contributed by atoms with van der Waals surface area (Å²) in [5.74, 6) is -2.10. The van der Waals surface area contributed by atoms with E-state index in [-0.39, 0.29) is 11.3 Å². The quantitative estimate of drug-likeness (QED) is 0.481. The maximum Gasteiger partial charge on any atom is 0.344 e. The molecule has 90 valence electrons. The lowest BCUT2D eigenvalue weighted by molar-refractivity contribution is -0.384. The van der Waals surface area contributed by atoms with E-state index in [1.807, 2.05) is 0 Å². The summed E-state index contributed by atoms with van der Waals surface area (Å²) in [5, 5.41) is 18.9. The topological polar surface area (TPSA) is 107 Å². The minimum Gasteiger partial charge on any atom is -0.479 e. The number of non-ortho nitro benzene ring substituents is 1. The number of nitrogens with zero attached hydrogens (tertiary/aromatic N) is 1. The van der Waals surface area contributed by atoms with Gasteiger partial charge >= 0.3 is 11.9 Å². The first kappa shape index (κ1) is 12.6. The Morgan fingerprint density at radius 1 is 1.35 bits per heavy atom. The Morgan fingerprint density at radius 3 is 2.29 bits per heavy atom. The first-order chi connectivity index (χ1) is 7.91. The average molecular weight is 239 g/mol. The largest absolute Gasteiger partial charge is 0.479 e. The van der Waals surface area contributed by atoms with E-state index in [2.05, 4.69) is 4.74 Å². The molecule has 7 heteroatoms. The number of carbonyl (C=O) groups excluding carboxylic acids is 1. The van der Waals surface area contributed by atoms with Crippen LogP contribution < -0.4 is 0 Å². The van der Waals surface area contributed by atoms with Crippen molar-refractivity contribution in [2.75, 3.05) is 0 Å². The number of benzene rings is 1.